The zero-order valence-corrected chi connectivity index (χ0v) is 11.5. The number of nitrogens with one attached hydrogen (secondary N) is 1. The molecule has 3 rings (SSSR count). The fraction of sp³-hybridized carbons (Fsp3) is 0.571. The van der Waals surface area contributed by atoms with Crippen LogP contribution in [0.15, 0.2) is 22.7 Å². The molecule has 1 aromatic rings. The number of hydrogen-bond donors (Lipinski definition) is 1. The zero-order valence-electron chi connectivity index (χ0n) is 9.92. The van der Waals surface area contributed by atoms with Crippen LogP contribution in [0.2, 0.25) is 0 Å². The Morgan fingerprint density at radius 1 is 1.29 bits per heavy atom. The average Bonchev–Trinajstić information content (AvgIpc) is 2.92. The first kappa shape index (κ1) is 11.7. The highest BCUT2D eigenvalue weighted by Crippen LogP contribution is 2.57. The molecular weight excluding hydrogens is 281 g/mol. The summed E-state index contributed by atoms with van der Waals surface area (Å²) in [5.74, 6) is 2.51. The zero-order chi connectivity index (χ0) is 12.0. The van der Waals surface area contributed by atoms with Gasteiger partial charge in [0, 0.05) is 6.04 Å². The van der Waals surface area contributed by atoms with Crippen LogP contribution < -0.4 is 5.32 Å². The van der Waals surface area contributed by atoms with Gasteiger partial charge in [0.15, 0.2) is 0 Å². The number of halogens is 2. The van der Waals surface area contributed by atoms with E-state index in [0.29, 0.717) is 10.5 Å². The third-order valence-corrected chi connectivity index (χ3v) is 4.97. The minimum atomic E-state index is -0.183. The van der Waals surface area contributed by atoms with Gasteiger partial charge in [-0.05, 0) is 77.7 Å². The van der Waals surface area contributed by atoms with Crippen LogP contribution >= 0.6 is 15.9 Å². The van der Waals surface area contributed by atoms with Crippen molar-refractivity contribution in [1.82, 2.24) is 5.32 Å². The van der Waals surface area contributed by atoms with E-state index in [0.717, 1.165) is 17.8 Å². The van der Waals surface area contributed by atoms with E-state index in [9.17, 15) is 4.39 Å². The van der Waals surface area contributed by atoms with Gasteiger partial charge in [0.1, 0.15) is 5.82 Å². The quantitative estimate of drug-likeness (QED) is 0.892. The summed E-state index contributed by atoms with van der Waals surface area (Å²) in [4.78, 5) is 0. The van der Waals surface area contributed by atoms with Crippen LogP contribution in [0.5, 0.6) is 0 Å². The number of fused-ring (bicyclic) bond motifs is 1. The van der Waals surface area contributed by atoms with Gasteiger partial charge in [0.05, 0.1) is 4.47 Å². The second kappa shape index (κ2) is 4.36. The smallest absolute Gasteiger partial charge is 0.137 e. The Hall–Kier alpha value is -0.410. The van der Waals surface area contributed by atoms with Crippen LogP contribution in [0, 0.1) is 23.6 Å². The van der Waals surface area contributed by atoms with E-state index >= 15 is 0 Å². The molecule has 0 heterocycles. The normalized spacial score (nSPS) is 32.3. The predicted molar refractivity (Wildman–Crippen MR) is 70.2 cm³/mol. The van der Waals surface area contributed by atoms with Gasteiger partial charge in [-0.1, -0.05) is 6.07 Å². The fourth-order valence-electron chi connectivity index (χ4n) is 3.41. The molecule has 1 nitrogen and oxygen atoms in total. The first-order valence-corrected chi connectivity index (χ1v) is 7.10. The van der Waals surface area contributed by atoms with Gasteiger partial charge in [-0.25, -0.2) is 4.39 Å². The van der Waals surface area contributed by atoms with Gasteiger partial charge < -0.3 is 5.32 Å². The van der Waals surface area contributed by atoms with Crippen molar-refractivity contribution in [3.8, 4) is 0 Å². The maximum absolute atomic E-state index is 13.2. The molecule has 2 saturated carbocycles. The van der Waals surface area contributed by atoms with Gasteiger partial charge >= 0.3 is 0 Å². The summed E-state index contributed by atoms with van der Waals surface area (Å²) in [5.41, 5.74) is 1.20. The molecule has 2 aliphatic rings. The summed E-state index contributed by atoms with van der Waals surface area (Å²) < 4.78 is 13.8. The summed E-state index contributed by atoms with van der Waals surface area (Å²) >= 11 is 3.27. The molecule has 0 spiro atoms. The Balaban J connectivity index is 1.81. The molecule has 0 aliphatic heterocycles. The number of hydrogen-bond acceptors (Lipinski definition) is 1. The third kappa shape index (κ3) is 2.15. The lowest BCUT2D eigenvalue weighted by molar-refractivity contribution is 0.359. The van der Waals surface area contributed by atoms with Gasteiger partial charge in [-0.15, -0.1) is 0 Å². The summed E-state index contributed by atoms with van der Waals surface area (Å²) in [6.45, 7) is 0. The Kier molecular flexibility index (Phi) is 2.99. The van der Waals surface area contributed by atoms with Gasteiger partial charge in [0.25, 0.3) is 0 Å². The molecule has 3 atom stereocenters. The van der Waals surface area contributed by atoms with E-state index in [4.69, 9.17) is 0 Å². The minimum Gasteiger partial charge on any atom is -0.313 e. The standard InChI is InChI=1S/C14H17BrFN/c1-17-14(11-5-9-4-10(9)6-11)8-2-3-13(16)12(15)7-8/h2-3,7,9-11,14,17H,4-6H2,1H3. The highest BCUT2D eigenvalue weighted by Gasteiger charge is 2.47. The minimum absolute atomic E-state index is 0.183. The monoisotopic (exact) mass is 297 g/mol. The van der Waals surface area contributed by atoms with Crippen molar-refractivity contribution in [2.24, 2.45) is 17.8 Å². The van der Waals surface area contributed by atoms with Gasteiger partial charge in [0.2, 0.25) is 0 Å². The molecule has 92 valence electrons. The van der Waals surface area contributed by atoms with Crippen molar-refractivity contribution in [1.29, 1.82) is 0 Å². The van der Waals surface area contributed by atoms with Crippen molar-refractivity contribution in [2.45, 2.75) is 25.3 Å². The Morgan fingerprint density at radius 3 is 2.59 bits per heavy atom. The van der Waals surface area contributed by atoms with Crippen LogP contribution in [0.25, 0.3) is 0 Å². The largest absolute Gasteiger partial charge is 0.313 e. The van der Waals surface area contributed by atoms with E-state index in [1.54, 1.807) is 6.07 Å². The number of benzene rings is 1. The fourth-order valence-corrected chi connectivity index (χ4v) is 3.81. The maximum Gasteiger partial charge on any atom is 0.137 e. The van der Waals surface area contributed by atoms with Crippen LogP contribution in [-0.4, -0.2) is 7.05 Å². The SMILES string of the molecule is CNC(c1ccc(F)c(Br)c1)C1CC2CC2C1. The van der Waals surface area contributed by atoms with Crippen LogP contribution in [0.4, 0.5) is 4.39 Å². The van der Waals surface area contributed by atoms with E-state index < -0.39 is 0 Å². The summed E-state index contributed by atoms with van der Waals surface area (Å²) in [7, 11) is 2.01. The van der Waals surface area contributed by atoms with Gasteiger partial charge in [-0.2, -0.15) is 0 Å². The maximum atomic E-state index is 13.2. The molecule has 0 amide bonds. The summed E-state index contributed by atoms with van der Waals surface area (Å²) in [5, 5.41) is 3.40. The first-order valence-electron chi connectivity index (χ1n) is 6.31. The van der Waals surface area contributed by atoms with Crippen molar-refractivity contribution in [2.75, 3.05) is 7.05 Å². The average molecular weight is 298 g/mol. The molecule has 1 aromatic carbocycles. The lowest BCUT2D eigenvalue weighted by Crippen LogP contribution is -2.24. The van der Waals surface area contributed by atoms with E-state index in [1.165, 1.54) is 24.8 Å². The predicted octanol–water partition coefficient (Wildman–Crippen LogP) is 3.89. The first-order chi connectivity index (χ1) is 8.19. The lowest BCUT2D eigenvalue weighted by Gasteiger charge is -2.25. The highest BCUT2D eigenvalue weighted by atomic mass is 79.9. The van der Waals surface area contributed by atoms with Crippen molar-refractivity contribution < 1.29 is 4.39 Å². The summed E-state index contributed by atoms with van der Waals surface area (Å²) in [6.07, 6.45) is 4.12. The summed E-state index contributed by atoms with van der Waals surface area (Å²) in [6, 6.07) is 5.75. The molecule has 0 aromatic heterocycles. The third-order valence-electron chi connectivity index (χ3n) is 4.37. The van der Waals surface area contributed by atoms with Crippen molar-refractivity contribution in [3.63, 3.8) is 0 Å². The second-order valence-corrected chi connectivity index (χ2v) is 6.28. The van der Waals surface area contributed by atoms with Crippen LogP contribution in [0.1, 0.15) is 30.9 Å². The highest BCUT2D eigenvalue weighted by molar-refractivity contribution is 9.10. The number of rotatable bonds is 3. The lowest BCUT2D eigenvalue weighted by atomic mass is 9.89. The molecule has 0 bridgehead atoms. The topological polar surface area (TPSA) is 12.0 Å². The van der Waals surface area contributed by atoms with Crippen molar-refractivity contribution >= 4 is 15.9 Å². The van der Waals surface area contributed by atoms with E-state index in [-0.39, 0.29) is 5.82 Å². The Morgan fingerprint density at radius 2 is 2.00 bits per heavy atom. The molecule has 1 N–H and O–H groups in total. The second-order valence-electron chi connectivity index (χ2n) is 5.43. The van der Waals surface area contributed by atoms with E-state index in [1.807, 2.05) is 19.2 Å². The van der Waals surface area contributed by atoms with Crippen molar-refractivity contribution in [3.05, 3.63) is 34.1 Å². The van der Waals surface area contributed by atoms with E-state index in [2.05, 4.69) is 21.2 Å². The molecule has 0 saturated heterocycles. The molecule has 3 heteroatoms. The molecule has 2 fully saturated rings. The molecule has 2 aliphatic carbocycles. The Bertz CT molecular complexity index is 424. The molecule has 17 heavy (non-hydrogen) atoms. The van der Waals surface area contributed by atoms with Crippen LogP contribution in [-0.2, 0) is 0 Å². The van der Waals surface area contributed by atoms with Crippen LogP contribution in [0.3, 0.4) is 0 Å². The van der Waals surface area contributed by atoms with Gasteiger partial charge in [-0.3, -0.25) is 0 Å². The molecule has 0 radical (unpaired) electrons. The Labute approximate surface area is 110 Å². The molecular formula is C14H17BrFN. The molecule has 3 unspecified atom stereocenters.